The number of nitrogens with zero attached hydrogens (tertiary/aromatic N) is 2. The fourth-order valence-electron chi connectivity index (χ4n) is 3.78. The second-order valence-corrected chi connectivity index (χ2v) is 7.84. The number of halogens is 3. The monoisotopic (exact) mass is 406 g/mol. The van der Waals surface area contributed by atoms with Gasteiger partial charge in [0.15, 0.2) is 5.65 Å². The van der Waals surface area contributed by atoms with Crippen molar-refractivity contribution >= 4 is 34.4 Å². The fourth-order valence-corrected chi connectivity index (χ4v) is 4.38. The molecule has 0 fully saturated rings. The Bertz CT molecular complexity index is 957. The van der Waals surface area contributed by atoms with Crippen LogP contribution < -0.4 is 5.32 Å². The van der Waals surface area contributed by atoms with Gasteiger partial charge in [0.2, 0.25) is 5.95 Å². The Hall–Kier alpha value is -1.69. The molecule has 0 aliphatic heterocycles. The normalized spacial score (nSPS) is 16.6. The van der Waals surface area contributed by atoms with Gasteiger partial charge in [-0.05, 0) is 74.0 Å². The van der Waals surface area contributed by atoms with Crippen LogP contribution in [-0.2, 0) is 12.8 Å². The van der Waals surface area contributed by atoms with E-state index >= 15 is 0 Å². The van der Waals surface area contributed by atoms with Gasteiger partial charge in [0, 0.05) is 22.5 Å². The second kappa shape index (κ2) is 8.13. The number of hydrogen-bond acceptors (Lipinski definition) is 3. The maximum absolute atomic E-state index is 13.1. The van der Waals surface area contributed by atoms with Crippen molar-refractivity contribution in [2.24, 2.45) is 0 Å². The number of aromatic amines is 1. The number of imidazole rings is 1. The molecular formula is C20H21Cl2FN4. The molecule has 0 amide bonds. The minimum absolute atomic E-state index is 0.309. The molecule has 1 aliphatic carbocycles. The van der Waals surface area contributed by atoms with Crippen LogP contribution in [0.15, 0.2) is 24.3 Å². The third kappa shape index (κ3) is 4.26. The number of rotatable bonds is 6. The molecule has 0 bridgehead atoms. The number of benzene rings is 1. The van der Waals surface area contributed by atoms with Crippen LogP contribution in [0.1, 0.15) is 48.7 Å². The van der Waals surface area contributed by atoms with Gasteiger partial charge in [0.05, 0.1) is 5.52 Å². The smallest absolute Gasteiger partial charge is 0.215 e. The van der Waals surface area contributed by atoms with E-state index in [2.05, 4.69) is 20.3 Å². The van der Waals surface area contributed by atoms with E-state index in [4.69, 9.17) is 23.2 Å². The van der Waals surface area contributed by atoms with Crippen molar-refractivity contribution in [1.82, 2.24) is 20.3 Å². The van der Waals surface area contributed by atoms with Gasteiger partial charge in [-0.2, -0.15) is 9.37 Å². The van der Waals surface area contributed by atoms with Crippen LogP contribution in [0.25, 0.3) is 11.2 Å². The molecule has 27 heavy (non-hydrogen) atoms. The molecule has 3 aromatic rings. The first-order valence-corrected chi connectivity index (χ1v) is 10.1. The number of aryl methyl sites for hydroxylation is 1. The number of fused-ring (bicyclic) bond motifs is 2. The van der Waals surface area contributed by atoms with Crippen LogP contribution in [0.2, 0.25) is 10.0 Å². The van der Waals surface area contributed by atoms with Gasteiger partial charge in [-0.1, -0.05) is 23.2 Å². The number of H-pyrrole nitrogens is 1. The highest BCUT2D eigenvalue weighted by Gasteiger charge is 2.22. The molecule has 1 aliphatic rings. The summed E-state index contributed by atoms with van der Waals surface area (Å²) in [6.45, 7) is 0.918. The highest BCUT2D eigenvalue weighted by atomic mass is 35.5. The number of aromatic nitrogens is 3. The second-order valence-electron chi connectivity index (χ2n) is 7.00. The van der Waals surface area contributed by atoms with Gasteiger partial charge in [-0.25, -0.2) is 4.98 Å². The van der Waals surface area contributed by atoms with Gasteiger partial charge < -0.3 is 10.3 Å². The van der Waals surface area contributed by atoms with Crippen molar-refractivity contribution in [1.29, 1.82) is 0 Å². The van der Waals surface area contributed by atoms with Crippen LogP contribution in [0.3, 0.4) is 0 Å². The van der Waals surface area contributed by atoms with Gasteiger partial charge in [0.1, 0.15) is 5.82 Å². The van der Waals surface area contributed by atoms with Gasteiger partial charge in [-0.3, -0.25) is 0 Å². The Kier molecular flexibility index (Phi) is 5.62. The fraction of sp³-hybridized carbons (Fsp3) is 0.400. The maximum Gasteiger partial charge on any atom is 0.215 e. The first kappa shape index (κ1) is 18.7. The Morgan fingerprint density at radius 1 is 1.19 bits per heavy atom. The molecule has 1 aromatic carbocycles. The lowest BCUT2D eigenvalue weighted by Crippen LogP contribution is -2.26. The van der Waals surface area contributed by atoms with Gasteiger partial charge in [0.25, 0.3) is 0 Å². The Balaban J connectivity index is 1.29. The van der Waals surface area contributed by atoms with E-state index in [9.17, 15) is 4.39 Å². The lowest BCUT2D eigenvalue weighted by molar-refractivity contribution is 0.452. The Morgan fingerprint density at radius 3 is 2.96 bits per heavy atom. The molecule has 2 aromatic heterocycles. The zero-order valence-corrected chi connectivity index (χ0v) is 16.4. The molecule has 1 atom stereocenters. The Morgan fingerprint density at radius 2 is 2.07 bits per heavy atom. The standard InChI is InChI=1S/C20H21Cl2FN4/c21-12-10-14-13(15(22)11-12)4-3-5-16(14)24-9-2-1-6-19-25-17-7-8-18(23)26-20(17)27-19/h7-8,10-11,16,24H,1-6,9H2,(H,25,26,27)/t16-/m1/s1. The summed E-state index contributed by atoms with van der Waals surface area (Å²) in [5.74, 6) is 0.349. The number of nitrogens with one attached hydrogen (secondary N) is 2. The first-order chi connectivity index (χ1) is 13.1. The highest BCUT2D eigenvalue weighted by Crippen LogP contribution is 2.36. The average molecular weight is 407 g/mol. The van der Waals surface area contributed by atoms with Crippen molar-refractivity contribution in [3.63, 3.8) is 0 Å². The number of hydrogen-bond donors (Lipinski definition) is 2. The molecular weight excluding hydrogens is 386 g/mol. The molecule has 0 spiro atoms. The van der Waals surface area contributed by atoms with Crippen LogP contribution in [0, 0.1) is 5.95 Å². The van der Waals surface area contributed by atoms with Crippen molar-refractivity contribution in [3.05, 3.63) is 57.2 Å². The molecule has 0 saturated heterocycles. The lowest BCUT2D eigenvalue weighted by Gasteiger charge is -2.27. The zero-order valence-electron chi connectivity index (χ0n) is 14.9. The van der Waals surface area contributed by atoms with Crippen LogP contribution in [0.5, 0.6) is 0 Å². The average Bonchev–Trinajstić information content (AvgIpc) is 3.03. The van der Waals surface area contributed by atoms with Crippen molar-refractivity contribution in [2.75, 3.05) is 6.54 Å². The van der Waals surface area contributed by atoms with E-state index in [0.717, 1.165) is 61.4 Å². The van der Waals surface area contributed by atoms with Crippen molar-refractivity contribution in [2.45, 2.75) is 44.6 Å². The molecule has 2 heterocycles. The summed E-state index contributed by atoms with van der Waals surface area (Å²) in [5, 5.41) is 5.12. The van der Waals surface area contributed by atoms with Crippen molar-refractivity contribution in [3.8, 4) is 0 Å². The first-order valence-electron chi connectivity index (χ1n) is 9.32. The van der Waals surface area contributed by atoms with Crippen molar-refractivity contribution < 1.29 is 4.39 Å². The number of pyridine rings is 1. The highest BCUT2D eigenvalue weighted by molar-refractivity contribution is 6.35. The molecule has 7 heteroatoms. The lowest BCUT2D eigenvalue weighted by atomic mass is 9.87. The third-order valence-corrected chi connectivity index (χ3v) is 5.64. The van der Waals surface area contributed by atoms with E-state index in [-0.39, 0.29) is 0 Å². The van der Waals surface area contributed by atoms with E-state index in [1.54, 1.807) is 6.07 Å². The molecule has 0 unspecified atom stereocenters. The Labute approximate surface area is 167 Å². The minimum Gasteiger partial charge on any atom is -0.341 e. The van der Waals surface area contributed by atoms with E-state index in [1.807, 2.05) is 12.1 Å². The van der Waals surface area contributed by atoms with Gasteiger partial charge >= 0.3 is 0 Å². The number of unbranched alkanes of at least 4 members (excludes halogenated alkanes) is 1. The largest absolute Gasteiger partial charge is 0.341 e. The van der Waals surface area contributed by atoms with Gasteiger partial charge in [-0.15, -0.1) is 0 Å². The summed E-state index contributed by atoms with van der Waals surface area (Å²) in [6.07, 6.45) is 6.09. The molecule has 0 saturated carbocycles. The summed E-state index contributed by atoms with van der Waals surface area (Å²) >= 11 is 12.5. The third-order valence-electron chi connectivity index (χ3n) is 5.08. The summed E-state index contributed by atoms with van der Waals surface area (Å²) in [7, 11) is 0. The summed E-state index contributed by atoms with van der Waals surface area (Å²) < 4.78 is 13.1. The van der Waals surface area contributed by atoms with Crippen LogP contribution in [-0.4, -0.2) is 21.5 Å². The molecule has 4 rings (SSSR count). The predicted octanol–water partition coefficient (Wildman–Crippen LogP) is 5.39. The van der Waals surface area contributed by atoms with Crippen LogP contribution in [0.4, 0.5) is 4.39 Å². The molecule has 0 radical (unpaired) electrons. The quantitative estimate of drug-likeness (QED) is 0.425. The molecule has 4 nitrogen and oxygen atoms in total. The van der Waals surface area contributed by atoms with E-state index in [0.29, 0.717) is 16.7 Å². The minimum atomic E-state index is -0.502. The van der Waals surface area contributed by atoms with E-state index < -0.39 is 5.95 Å². The SMILES string of the molecule is Fc1ccc2[nH]c(CCCCN[C@@H]3CCCc4c(Cl)cc(Cl)cc43)nc2n1. The van der Waals surface area contributed by atoms with Crippen LogP contribution >= 0.6 is 23.2 Å². The topological polar surface area (TPSA) is 53.6 Å². The predicted molar refractivity (Wildman–Crippen MR) is 107 cm³/mol. The summed E-state index contributed by atoms with van der Waals surface area (Å²) in [5.41, 5.74) is 3.68. The molecule has 142 valence electrons. The maximum atomic E-state index is 13.1. The summed E-state index contributed by atoms with van der Waals surface area (Å²) in [4.78, 5) is 11.3. The van der Waals surface area contributed by atoms with E-state index in [1.165, 1.54) is 17.2 Å². The zero-order chi connectivity index (χ0) is 18.8. The summed E-state index contributed by atoms with van der Waals surface area (Å²) in [6, 6.07) is 7.20. The molecule has 2 N–H and O–H groups in total.